The first-order valence-corrected chi connectivity index (χ1v) is 11.8. The van der Waals surface area contributed by atoms with Crippen LogP contribution in [0.4, 0.5) is 5.69 Å². The van der Waals surface area contributed by atoms with Gasteiger partial charge in [-0.2, -0.15) is 0 Å². The number of carbonyl (C=O) groups is 1. The molecule has 0 saturated heterocycles. The Kier molecular flexibility index (Phi) is 7.13. The first kappa shape index (κ1) is 22.6. The van der Waals surface area contributed by atoms with Gasteiger partial charge in [0.15, 0.2) is 0 Å². The van der Waals surface area contributed by atoms with Gasteiger partial charge in [0.25, 0.3) is 10.0 Å². The highest BCUT2D eigenvalue weighted by Crippen LogP contribution is 2.26. The number of rotatable bonds is 8. The van der Waals surface area contributed by atoms with Crippen LogP contribution in [0.25, 0.3) is 0 Å². The van der Waals surface area contributed by atoms with Gasteiger partial charge in [-0.3, -0.25) is 9.10 Å². The maximum atomic E-state index is 13.4. The van der Waals surface area contributed by atoms with Gasteiger partial charge < -0.3 is 5.32 Å². The van der Waals surface area contributed by atoms with Gasteiger partial charge in [-0.1, -0.05) is 67.6 Å². The second-order valence-electron chi connectivity index (χ2n) is 7.50. The summed E-state index contributed by atoms with van der Waals surface area (Å²) >= 11 is 0. The summed E-state index contributed by atoms with van der Waals surface area (Å²) in [4.78, 5) is 13.1. The van der Waals surface area contributed by atoms with Gasteiger partial charge in [-0.25, -0.2) is 8.42 Å². The van der Waals surface area contributed by atoms with E-state index in [0.29, 0.717) is 5.69 Å². The van der Waals surface area contributed by atoms with Crippen LogP contribution >= 0.6 is 0 Å². The molecule has 3 aromatic rings. The highest BCUT2D eigenvalue weighted by molar-refractivity contribution is 7.92. The maximum Gasteiger partial charge on any atom is 0.264 e. The number of nitrogens with one attached hydrogen (secondary N) is 1. The number of amides is 1. The minimum absolute atomic E-state index is 0.147. The van der Waals surface area contributed by atoms with E-state index in [2.05, 4.69) is 12.2 Å². The van der Waals surface area contributed by atoms with Gasteiger partial charge in [-0.05, 0) is 55.2 Å². The molecule has 0 aliphatic carbocycles. The average Bonchev–Trinajstić information content (AvgIpc) is 2.78. The highest BCUT2D eigenvalue weighted by Gasteiger charge is 2.28. The van der Waals surface area contributed by atoms with Crippen LogP contribution in [0.3, 0.4) is 0 Å². The van der Waals surface area contributed by atoms with Crippen molar-refractivity contribution in [3.05, 3.63) is 95.6 Å². The van der Waals surface area contributed by atoms with E-state index in [1.165, 1.54) is 22.0 Å². The van der Waals surface area contributed by atoms with Crippen molar-refractivity contribution in [1.82, 2.24) is 5.32 Å². The number of hydrogen-bond acceptors (Lipinski definition) is 3. The summed E-state index contributed by atoms with van der Waals surface area (Å²) in [7, 11) is -3.91. The Morgan fingerprint density at radius 3 is 2.16 bits per heavy atom. The van der Waals surface area contributed by atoms with E-state index in [1.54, 1.807) is 30.3 Å². The minimum Gasteiger partial charge on any atom is -0.348 e. The molecule has 1 amide bonds. The topological polar surface area (TPSA) is 66.5 Å². The summed E-state index contributed by atoms with van der Waals surface area (Å²) in [5.74, 6) is -0.366. The molecule has 6 heteroatoms. The Bertz CT molecular complexity index is 1130. The lowest BCUT2D eigenvalue weighted by atomic mass is 10.1. The summed E-state index contributed by atoms with van der Waals surface area (Å²) < 4.78 is 28.0. The molecule has 3 rings (SSSR count). The third-order valence-electron chi connectivity index (χ3n) is 5.27. The highest BCUT2D eigenvalue weighted by atomic mass is 32.2. The quantitative estimate of drug-likeness (QED) is 0.560. The van der Waals surface area contributed by atoms with Crippen molar-refractivity contribution >= 4 is 21.6 Å². The first-order valence-electron chi connectivity index (χ1n) is 10.3. The summed E-state index contributed by atoms with van der Waals surface area (Å²) in [6.45, 7) is 5.51. The van der Waals surface area contributed by atoms with E-state index in [0.717, 1.165) is 17.5 Å². The van der Waals surface area contributed by atoms with E-state index in [1.807, 2.05) is 50.2 Å². The lowest BCUT2D eigenvalue weighted by Crippen LogP contribution is -2.41. The molecule has 0 fully saturated rings. The maximum absolute atomic E-state index is 13.4. The number of sulfonamides is 1. The Balaban J connectivity index is 1.86. The molecule has 0 bridgehead atoms. The van der Waals surface area contributed by atoms with Gasteiger partial charge in [0.2, 0.25) is 5.91 Å². The minimum atomic E-state index is -3.91. The summed E-state index contributed by atoms with van der Waals surface area (Å²) in [6, 6.07) is 23.2. The van der Waals surface area contributed by atoms with E-state index < -0.39 is 10.0 Å². The Hall–Kier alpha value is -3.12. The molecule has 0 aliphatic heterocycles. The average molecular weight is 437 g/mol. The van der Waals surface area contributed by atoms with Gasteiger partial charge in [0.05, 0.1) is 16.6 Å². The van der Waals surface area contributed by atoms with Crippen molar-refractivity contribution in [2.24, 2.45) is 0 Å². The third kappa shape index (κ3) is 5.33. The molecule has 1 N–H and O–H groups in total. The zero-order valence-corrected chi connectivity index (χ0v) is 18.9. The van der Waals surface area contributed by atoms with Crippen LogP contribution in [0.2, 0.25) is 0 Å². The Labute approximate surface area is 184 Å². The predicted molar refractivity (Wildman–Crippen MR) is 125 cm³/mol. The fourth-order valence-electron chi connectivity index (χ4n) is 3.41. The molecular weight excluding hydrogens is 408 g/mol. The number of para-hydroxylation sites is 1. The van der Waals surface area contributed by atoms with Crippen LogP contribution in [0.1, 0.15) is 36.6 Å². The van der Waals surface area contributed by atoms with Gasteiger partial charge >= 0.3 is 0 Å². The van der Waals surface area contributed by atoms with Crippen molar-refractivity contribution in [2.75, 3.05) is 10.8 Å². The number of aryl methyl sites for hydroxylation is 2. The predicted octanol–water partition coefficient (Wildman–Crippen LogP) is 4.63. The molecule has 0 unspecified atom stereocenters. The van der Waals surface area contributed by atoms with Crippen molar-refractivity contribution in [3.8, 4) is 0 Å². The summed E-state index contributed by atoms with van der Waals surface area (Å²) in [6.07, 6.45) is 0.948. The zero-order valence-electron chi connectivity index (χ0n) is 18.1. The monoisotopic (exact) mass is 436 g/mol. The summed E-state index contributed by atoms with van der Waals surface area (Å²) in [5, 5.41) is 2.93. The number of benzene rings is 3. The molecule has 0 aromatic heterocycles. The van der Waals surface area contributed by atoms with E-state index in [9.17, 15) is 13.2 Å². The molecule has 0 heterocycles. The number of nitrogens with zero attached hydrogens (tertiary/aromatic N) is 1. The second-order valence-corrected chi connectivity index (χ2v) is 9.36. The second kappa shape index (κ2) is 9.79. The first-order chi connectivity index (χ1) is 14.8. The fourth-order valence-corrected chi connectivity index (χ4v) is 4.91. The van der Waals surface area contributed by atoms with E-state index in [4.69, 9.17) is 0 Å². The molecule has 0 saturated carbocycles. The third-order valence-corrected chi connectivity index (χ3v) is 7.04. The van der Waals surface area contributed by atoms with Crippen LogP contribution < -0.4 is 9.62 Å². The molecule has 162 valence electrons. The Morgan fingerprint density at radius 2 is 1.55 bits per heavy atom. The van der Waals surface area contributed by atoms with Crippen LogP contribution in [0.5, 0.6) is 0 Å². The number of carbonyl (C=O) groups excluding carboxylic acids is 1. The fraction of sp³-hybridized carbons (Fsp3) is 0.240. The SMILES string of the molecule is CCc1ccc([C@H](C)NC(=O)CN(c2ccccc2C)S(=O)(=O)c2ccccc2)cc1. The van der Waals surface area contributed by atoms with Crippen molar-refractivity contribution in [3.63, 3.8) is 0 Å². The van der Waals surface area contributed by atoms with Crippen LogP contribution in [-0.4, -0.2) is 20.9 Å². The summed E-state index contributed by atoms with van der Waals surface area (Å²) in [5.41, 5.74) is 3.46. The molecule has 31 heavy (non-hydrogen) atoms. The van der Waals surface area contributed by atoms with Crippen molar-refractivity contribution in [2.45, 2.75) is 38.1 Å². The number of hydrogen-bond donors (Lipinski definition) is 1. The molecule has 0 spiro atoms. The van der Waals surface area contributed by atoms with Gasteiger partial charge in [0, 0.05) is 0 Å². The zero-order chi connectivity index (χ0) is 22.4. The van der Waals surface area contributed by atoms with Crippen LogP contribution in [-0.2, 0) is 21.2 Å². The molecule has 3 aromatic carbocycles. The standard InChI is InChI=1S/C25H28N2O3S/c1-4-21-14-16-22(17-15-21)20(3)26-25(28)18-27(24-13-9-8-10-19(24)2)31(29,30)23-11-6-5-7-12-23/h5-17,20H,4,18H2,1-3H3,(H,26,28)/t20-/m0/s1. The van der Waals surface area contributed by atoms with Crippen molar-refractivity contribution < 1.29 is 13.2 Å². The normalized spacial score (nSPS) is 12.2. The molecular formula is C25H28N2O3S. The van der Waals surface area contributed by atoms with E-state index in [-0.39, 0.29) is 23.4 Å². The van der Waals surface area contributed by atoms with Crippen LogP contribution in [0.15, 0.2) is 83.8 Å². The van der Waals surface area contributed by atoms with Crippen molar-refractivity contribution in [1.29, 1.82) is 0 Å². The van der Waals surface area contributed by atoms with Gasteiger partial charge in [0.1, 0.15) is 6.54 Å². The lowest BCUT2D eigenvalue weighted by molar-refractivity contribution is -0.120. The number of anilines is 1. The largest absolute Gasteiger partial charge is 0.348 e. The molecule has 5 nitrogen and oxygen atoms in total. The molecule has 0 radical (unpaired) electrons. The Morgan fingerprint density at radius 1 is 0.935 bits per heavy atom. The lowest BCUT2D eigenvalue weighted by Gasteiger charge is -2.26. The molecule has 0 aliphatic rings. The smallest absolute Gasteiger partial charge is 0.264 e. The van der Waals surface area contributed by atoms with Crippen LogP contribution in [0, 0.1) is 6.92 Å². The van der Waals surface area contributed by atoms with Gasteiger partial charge in [-0.15, -0.1) is 0 Å². The molecule has 1 atom stereocenters. The van der Waals surface area contributed by atoms with E-state index >= 15 is 0 Å².